The maximum absolute atomic E-state index is 12.3. The molecule has 0 heterocycles. The van der Waals surface area contributed by atoms with Gasteiger partial charge < -0.3 is 14.7 Å². The average Bonchev–Trinajstić information content (AvgIpc) is 2.37. The first-order chi connectivity index (χ1) is 9.72. The van der Waals surface area contributed by atoms with Crippen LogP contribution in [0, 0.1) is 0 Å². The molecule has 0 spiro atoms. The van der Waals surface area contributed by atoms with E-state index in [2.05, 4.69) is 15.9 Å². The molecule has 1 unspecified atom stereocenters. The molecular formula is C14H17BrClNO4. The Kier molecular flexibility index (Phi) is 6.48. The van der Waals surface area contributed by atoms with Gasteiger partial charge in [0, 0.05) is 11.1 Å². The van der Waals surface area contributed by atoms with Crippen LogP contribution in [-0.2, 0) is 9.59 Å². The van der Waals surface area contributed by atoms with Crippen LogP contribution in [0.5, 0.6) is 5.75 Å². The van der Waals surface area contributed by atoms with Crippen LogP contribution in [0.3, 0.4) is 0 Å². The van der Waals surface area contributed by atoms with Crippen molar-refractivity contribution in [2.45, 2.75) is 32.9 Å². The molecule has 0 radical (unpaired) electrons. The Hall–Kier alpha value is -1.27. The maximum atomic E-state index is 12.3. The quantitative estimate of drug-likeness (QED) is 0.825. The van der Waals surface area contributed by atoms with Gasteiger partial charge in [0.1, 0.15) is 12.3 Å². The topological polar surface area (TPSA) is 66.8 Å². The van der Waals surface area contributed by atoms with Crippen molar-refractivity contribution in [1.29, 1.82) is 0 Å². The third kappa shape index (κ3) is 5.21. The van der Waals surface area contributed by atoms with Crippen LogP contribution in [0.4, 0.5) is 0 Å². The van der Waals surface area contributed by atoms with Crippen LogP contribution < -0.4 is 4.74 Å². The van der Waals surface area contributed by atoms with Crippen molar-refractivity contribution >= 4 is 39.4 Å². The molecule has 1 rings (SSSR count). The number of nitrogens with zero attached hydrogens (tertiary/aromatic N) is 1. The summed E-state index contributed by atoms with van der Waals surface area (Å²) in [6, 6.07) is 4.72. The van der Waals surface area contributed by atoms with Crippen molar-refractivity contribution in [3.8, 4) is 5.75 Å². The molecule has 5 nitrogen and oxygen atoms in total. The number of ether oxygens (including phenoxy) is 1. The number of rotatable bonds is 6. The Bertz CT molecular complexity index is 536. The molecule has 0 aromatic heterocycles. The Morgan fingerprint density at radius 3 is 2.48 bits per heavy atom. The Labute approximate surface area is 137 Å². The van der Waals surface area contributed by atoms with Crippen molar-refractivity contribution in [2.75, 3.05) is 6.54 Å². The minimum atomic E-state index is -1.06. The lowest BCUT2D eigenvalue weighted by Gasteiger charge is -2.28. The van der Waals surface area contributed by atoms with E-state index in [9.17, 15) is 9.59 Å². The molecule has 21 heavy (non-hydrogen) atoms. The normalized spacial score (nSPS) is 12.1. The molecule has 0 saturated heterocycles. The van der Waals surface area contributed by atoms with Crippen LogP contribution in [0.15, 0.2) is 22.7 Å². The van der Waals surface area contributed by atoms with E-state index in [-0.39, 0.29) is 18.5 Å². The van der Waals surface area contributed by atoms with Crippen LogP contribution in [0.1, 0.15) is 20.8 Å². The molecule has 0 aliphatic carbocycles. The number of carboxylic acid groups (broad SMARTS) is 1. The van der Waals surface area contributed by atoms with E-state index in [0.717, 1.165) is 0 Å². The van der Waals surface area contributed by atoms with Gasteiger partial charge >= 0.3 is 5.97 Å². The van der Waals surface area contributed by atoms with E-state index in [1.807, 2.05) is 0 Å². The molecule has 0 saturated carbocycles. The van der Waals surface area contributed by atoms with E-state index in [1.165, 1.54) is 4.90 Å². The molecular weight excluding hydrogens is 362 g/mol. The zero-order valence-corrected chi connectivity index (χ0v) is 14.3. The molecule has 0 aliphatic heterocycles. The summed E-state index contributed by atoms with van der Waals surface area (Å²) in [4.78, 5) is 24.4. The van der Waals surface area contributed by atoms with Crippen molar-refractivity contribution in [3.63, 3.8) is 0 Å². The van der Waals surface area contributed by atoms with Crippen molar-refractivity contribution < 1.29 is 19.4 Å². The minimum absolute atomic E-state index is 0.228. The monoisotopic (exact) mass is 377 g/mol. The van der Waals surface area contributed by atoms with Crippen molar-refractivity contribution in [2.24, 2.45) is 0 Å². The zero-order valence-electron chi connectivity index (χ0n) is 12.0. The van der Waals surface area contributed by atoms with Gasteiger partial charge in [-0.25, -0.2) is 0 Å². The smallest absolute Gasteiger partial charge is 0.323 e. The van der Waals surface area contributed by atoms with Gasteiger partial charge in [0.2, 0.25) is 0 Å². The molecule has 0 fully saturated rings. The third-order valence-corrected chi connectivity index (χ3v) is 3.61. The number of carbonyl (C=O) groups excluding carboxylic acids is 1. The van der Waals surface area contributed by atoms with Crippen molar-refractivity contribution in [1.82, 2.24) is 4.90 Å². The fourth-order valence-corrected chi connectivity index (χ4v) is 2.48. The summed E-state index contributed by atoms with van der Waals surface area (Å²) in [5, 5.41) is 9.42. The predicted molar refractivity (Wildman–Crippen MR) is 83.7 cm³/mol. The number of carboxylic acids is 1. The molecule has 116 valence electrons. The predicted octanol–water partition coefficient (Wildman–Crippen LogP) is 3.19. The molecule has 0 bridgehead atoms. The molecule has 1 aromatic rings. The second-order valence-electron chi connectivity index (χ2n) is 4.79. The van der Waals surface area contributed by atoms with E-state index in [1.54, 1.807) is 39.0 Å². The standard InChI is InChI=1S/C14H17BrClNO4/c1-8(2)17(7-13(18)19)14(20)9(3)21-12-5-4-10(16)6-11(12)15/h4-6,8-9H,7H2,1-3H3,(H,18,19). The van der Waals surface area contributed by atoms with Gasteiger partial charge in [0.15, 0.2) is 6.10 Å². The lowest BCUT2D eigenvalue weighted by molar-refractivity contribution is -0.149. The van der Waals surface area contributed by atoms with E-state index < -0.39 is 12.1 Å². The summed E-state index contributed by atoms with van der Waals surface area (Å²) in [7, 11) is 0. The average molecular weight is 379 g/mol. The lowest BCUT2D eigenvalue weighted by atomic mass is 10.2. The number of amides is 1. The Morgan fingerprint density at radius 1 is 1.38 bits per heavy atom. The first kappa shape index (κ1) is 17.8. The molecule has 1 amide bonds. The first-order valence-electron chi connectivity index (χ1n) is 6.36. The molecule has 7 heteroatoms. The number of halogens is 2. The lowest BCUT2D eigenvalue weighted by Crippen LogP contribution is -2.46. The van der Waals surface area contributed by atoms with Crippen LogP contribution >= 0.6 is 27.5 Å². The summed E-state index contributed by atoms with van der Waals surface area (Å²) in [5.41, 5.74) is 0. The highest BCUT2D eigenvalue weighted by atomic mass is 79.9. The summed E-state index contributed by atoms with van der Waals surface area (Å²) >= 11 is 9.14. The Morgan fingerprint density at radius 2 is 2.00 bits per heavy atom. The summed E-state index contributed by atoms with van der Waals surface area (Å²) in [6.07, 6.45) is -0.802. The van der Waals surface area contributed by atoms with Gasteiger partial charge in [-0.3, -0.25) is 9.59 Å². The second-order valence-corrected chi connectivity index (χ2v) is 6.08. The largest absolute Gasteiger partial charge is 0.480 e. The van der Waals surface area contributed by atoms with Gasteiger partial charge in [0.05, 0.1) is 4.47 Å². The van der Waals surface area contributed by atoms with Crippen LogP contribution in [0.2, 0.25) is 5.02 Å². The Balaban J connectivity index is 2.83. The van der Waals surface area contributed by atoms with Gasteiger partial charge in [-0.2, -0.15) is 0 Å². The van der Waals surface area contributed by atoms with E-state index in [0.29, 0.717) is 15.2 Å². The highest BCUT2D eigenvalue weighted by molar-refractivity contribution is 9.10. The maximum Gasteiger partial charge on any atom is 0.323 e. The molecule has 0 aliphatic rings. The SMILES string of the molecule is CC(Oc1ccc(Cl)cc1Br)C(=O)N(CC(=O)O)C(C)C. The van der Waals surface area contributed by atoms with Crippen LogP contribution in [0.25, 0.3) is 0 Å². The van der Waals surface area contributed by atoms with Gasteiger partial charge in [-0.05, 0) is 54.9 Å². The highest BCUT2D eigenvalue weighted by Crippen LogP contribution is 2.29. The molecule has 1 N–H and O–H groups in total. The summed E-state index contributed by atoms with van der Waals surface area (Å²) < 4.78 is 6.21. The van der Waals surface area contributed by atoms with Crippen molar-refractivity contribution in [3.05, 3.63) is 27.7 Å². The zero-order chi connectivity index (χ0) is 16.2. The van der Waals surface area contributed by atoms with E-state index >= 15 is 0 Å². The summed E-state index contributed by atoms with van der Waals surface area (Å²) in [6.45, 7) is 4.74. The fraction of sp³-hybridized carbons (Fsp3) is 0.429. The number of carbonyl (C=O) groups is 2. The number of hydrogen-bond acceptors (Lipinski definition) is 3. The minimum Gasteiger partial charge on any atom is -0.480 e. The number of hydrogen-bond donors (Lipinski definition) is 1. The van der Waals surface area contributed by atoms with Gasteiger partial charge in [-0.1, -0.05) is 11.6 Å². The fourth-order valence-electron chi connectivity index (χ4n) is 1.71. The third-order valence-electron chi connectivity index (χ3n) is 2.76. The second kappa shape index (κ2) is 7.66. The molecule has 1 atom stereocenters. The molecule has 1 aromatic carbocycles. The number of aliphatic carboxylic acids is 1. The highest BCUT2D eigenvalue weighted by Gasteiger charge is 2.26. The van der Waals surface area contributed by atoms with Gasteiger partial charge in [0.25, 0.3) is 5.91 Å². The number of benzene rings is 1. The van der Waals surface area contributed by atoms with E-state index in [4.69, 9.17) is 21.4 Å². The van der Waals surface area contributed by atoms with Gasteiger partial charge in [-0.15, -0.1) is 0 Å². The first-order valence-corrected chi connectivity index (χ1v) is 7.53. The van der Waals surface area contributed by atoms with Crippen LogP contribution in [-0.4, -0.2) is 40.6 Å². The summed E-state index contributed by atoms with van der Waals surface area (Å²) in [5.74, 6) is -0.967.